The van der Waals surface area contributed by atoms with Crippen molar-refractivity contribution >= 4 is 17.2 Å². The van der Waals surface area contributed by atoms with Crippen LogP contribution in [0.3, 0.4) is 0 Å². The van der Waals surface area contributed by atoms with Crippen LogP contribution >= 0.6 is 11.3 Å². The second-order valence-electron chi connectivity index (χ2n) is 6.15. The number of thiazole rings is 1. The Hall–Kier alpha value is -2.86. The van der Waals surface area contributed by atoms with Crippen molar-refractivity contribution in [3.8, 4) is 22.1 Å². The maximum Gasteiger partial charge on any atom is 0.265 e. The highest BCUT2D eigenvalue weighted by molar-refractivity contribution is 7.17. The lowest BCUT2D eigenvalue weighted by molar-refractivity contribution is 0.0789. The predicted octanol–water partition coefficient (Wildman–Crippen LogP) is 4.12. The topological polar surface area (TPSA) is 51.7 Å². The summed E-state index contributed by atoms with van der Waals surface area (Å²) in [5.41, 5.74) is 2.78. The number of carbonyl (C=O) groups is 1. The molecule has 6 heteroatoms. The van der Waals surface area contributed by atoms with Gasteiger partial charge in [-0.1, -0.05) is 36.4 Å². The van der Waals surface area contributed by atoms with E-state index in [1.54, 1.807) is 11.9 Å². The zero-order chi connectivity index (χ0) is 18.1. The molecule has 132 valence electrons. The molecule has 0 aliphatic carbocycles. The molecule has 0 bridgehead atoms. The molecule has 0 fully saturated rings. The standard InChI is InChI=1S/C20H18N2O3S/c1-13-18(26-19(21-13)15-6-4-3-5-7-15)20(23)22(2)11-14-8-9-16-17(10-14)25-12-24-16/h3-10H,11-12H2,1-2H3. The Morgan fingerprint density at radius 2 is 1.92 bits per heavy atom. The second-order valence-corrected chi connectivity index (χ2v) is 7.15. The van der Waals surface area contributed by atoms with Gasteiger partial charge in [-0.3, -0.25) is 4.79 Å². The van der Waals surface area contributed by atoms with Crippen molar-refractivity contribution in [1.29, 1.82) is 0 Å². The number of ether oxygens (including phenoxy) is 2. The lowest BCUT2D eigenvalue weighted by atomic mass is 10.2. The Morgan fingerprint density at radius 1 is 1.15 bits per heavy atom. The number of aromatic nitrogens is 1. The van der Waals surface area contributed by atoms with E-state index in [9.17, 15) is 4.79 Å². The van der Waals surface area contributed by atoms with Crippen molar-refractivity contribution < 1.29 is 14.3 Å². The molecule has 0 N–H and O–H groups in total. The molecule has 5 nitrogen and oxygen atoms in total. The first-order valence-corrected chi connectivity index (χ1v) is 9.10. The second kappa shape index (κ2) is 6.80. The summed E-state index contributed by atoms with van der Waals surface area (Å²) in [5.74, 6) is 1.44. The minimum absolute atomic E-state index is 0.0279. The molecule has 26 heavy (non-hydrogen) atoms. The first-order valence-electron chi connectivity index (χ1n) is 8.28. The predicted molar refractivity (Wildman–Crippen MR) is 101 cm³/mol. The normalized spacial score (nSPS) is 12.2. The average molecular weight is 366 g/mol. The van der Waals surface area contributed by atoms with E-state index < -0.39 is 0 Å². The van der Waals surface area contributed by atoms with E-state index in [0.717, 1.165) is 33.3 Å². The summed E-state index contributed by atoms with van der Waals surface area (Å²) in [4.78, 5) is 19.8. The van der Waals surface area contributed by atoms with E-state index in [2.05, 4.69) is 4.98 Å². The summed E-state index contributed by atoms with van der Waals surface area (Å²) < 4.78 is 10.7. The van der Waals surface area contributed by atoms with E-state index in [0.29, 0.717) is 11.4 Å². The van der Waals surface area contributed by atoms with Crippen molar-refractivity contribution in [3.63, 3.8) is 0 Å². The minimum Gasteiger partial charge on any atom is -0.454 e. The molecule has 0 saturated carbocycles. The number of aryl methyl sites for hydroxylation is 1. The average Bonchev–Trinajstić information content (AvgIpc) is 3.28. The fraction of sp³-hybridized carbons (Fsp3) is 0.200. The van der Waals surface area contributed by atoms with Gasteiger partial charge in [-0.15, -0.1) is 11.3 Å². The summed E-state index contributed by atoms with van der Waals surface area (Å²) in [6.45, 7) is 2.62. The zero-order valence-electron chi connectivity index (χ0n) is 14.6. The maximum atomic E-state index is 12.9. The van der Waals surface area contributed by atoms with Crippen molar-refractivity contribution in [2.24, 2.45) is 0 Å². The van der Waals surface area contributed by atoms with E-state index >= 15 is 0 Å². The van der Waals surface area contributed by atoms with Gasteiger partial charge in [0.05, 0.1) is 5.69 Å². The molecule has 1 aliphatic heterocycles. The van der Waals surface area contributed by atoms with Crippen LogP contribution in [0.1, 0.15) is 20.9 Å². The van der Waals surface area contributed by atoms with Gasteiger partial charge in [0.2, 0.25) is 6.79 Å². The van der Waals surface area contributed by atoms with Crippen LogP contribution in [-0.2, 0) is 6.54 Å². The van der Waals surface area contributed by atoms with Crippen molar-refractivity contribution in [2.45, 2.75) is 13.5 Å². The molecule has 0 saturated heterocycles. The quantitative estimate of drug-likeness (QED) is 0.697. The van der Waals surface area contributed by atoms with Crippen LogP contribution < -0.4 is 9.47 Å². The summed E-state index contributed by atoms with van der Waals surface area (Å²) in [7, 11) is 1.80. The molecule has 1 amide bonds. The number of nitrogens with zero attached hydrogens (tertiary/aromatic N) is 2. The van der Waals surface area contributed by atoms with Crippen LogP contribution in [0.4, 0.5) is 0 Å². The van der Waals surface area contributed by atoms with Gasteiger partial charge in [-0.05, 0) is 24.6 Å². The van der Waals surface area contributed by atoms with Gasteiger partial charge in [-0.25, -0.2) is 4.98 Å². The lowest BCUT2D eigenvalue weighted by Crippen LogP contribution is -2.26. The maximum absolute atomic E-state index is 12.9. The van der Waals surface area contributed by atoms with Crippen LogP contribution in [0, 0.1) is 6.92 Å². The Kier molecular flexibility index (Phi) is 4.34. The van der Waals surface area contributed by atoms with E-state index in [-0.39, 0.29) is 12.7 Å². The fourth-order valence-corrected chi connectivity index (χ4v) is 3.92. The molecule has 0 spiro atoms. The molecular formula is C20H18N2O3S. The molecule has 0 radical (unpaired) electrons. The smallest absolute Gasteiger partial charge is 0.265 e. The number of rotatable bonds is 4. The summed E-state index contributed by atoms with van der Waals surface area (Å²) >= 11 is 1.43. The minimum atomic E-state index is -0.0279. The number of hydrogen-bond acceptors (Lipinski definition) is 5. The number of fused-ring (bicyclic) bond motifs is 1. The number of hydrogen-bond donors (Lipinski definition) is 0. The van der Waals surface area contributed by atoms with Gasteiger partial charge in [-0.2, -0.15) is 0 Å². The third-order valence-electron chi connectivity index (χ3n) is 4.21. The highest BCUT2D eigenvalue weighted by Gasteiger charge is 2.21. The summed E-state index contributed by atoms with van der Waals surface area (Å²) in [6.07, 6.45) is 0. The first kappa shape index (κ1) is 16.6. The van der Waals surface area contributed by atoms with Gasteiger partial charge < -0.3 is 14.4 Å². The van der Waals surface area contributed by atoms with Crippen LogP contribution in [0.25, 0.3) is 10.6 Å². The highest BCUT2D eigenvalue weighted by atomic mass is 32.1. The Labute approximate surface area is 155 Å². The molecule has 3 aromatic rings. The Morgan fingerprint density at radius 3 is 2.73 bits per heavy atom. The van der Waals surface area contributed by atoms with Crippen molar-refractivity contribution in [3.05, 3.63) is 64.7 Å². The number of benzene rings is 2. The van der Waals surface area contributed by atoms with Gasteiger partial charge in [0, 0.05) is 19.2 Å². The van der Waals surface area contributed by atoms with Gasteiger partial charge in [0.25, 0.3) is 5.91 Å². The van der Waals surface area contributed by atoms with Gasteiger partial charge in [0.1, 0.15) is 9.88 Å². The molecule has 0 atom stereocenters. The third kappa shape index (κ3) is 3.15. The van der Waals surface area contributed by atoms with Crippen LogP contribution in [0.15, 0.2) is 48.5 Å². The molecule has 2 heterocycles. The summed E-state index contributed by atoms with van der Waals surface area (Å²) in [6, 6.07) is 15.7. The molecule has 1 aromatic heterocycles. The zero-order valence-corrected chi connectivity index (χ0v) is 15.4. The summed E-state index contributed by atoms with van der Waals surface area (Å²) in [5, 5.41) is 0.864. The number of amides is 1. The van der Waals surface area contributed by atoms with Crippen molar-refractivity contribution in [1.82, 2.24) is 9.88 Å². The lowest BCUT2D eigenvalue weighted by Gasteiger charge is -2.16. The van der Waals surface area contributed by atoms with Crippen molar-refractivity contribution in [2.75, 3.05) is 13.8 Å². The third-order valence-corrected chi connectivity index (χ3v) is 5.41. The molecule has 2 aromatic carbocycles. The van der Waals surface area contributed by atoms with E-state index in [1.807, 2.05) is 55.5 Å². The first-order chi connectivity index (χ1) is 12.6. The Bertz CT molecular complexity index is 953. The SMILES string of the molecule is Cc1nc(-c2ccccc2)sc1C(=O)N(C)Cc1ccc2c(c1)OCO2. The van der Waals surface area contributed by atoms with E-state index in [4.69, 9.17) is 9.47 Å². The van der Waals surface area contributed by atoms with Crippen LogP contribution in [-0.4, -0.2) is 29.6 Å². The Balaban J connectivity index is 1.53. The molecular weight excluding hydrogens is 348 g/mol. The largest absolute Gasteiger partial charge is 0.454 e. The fourth-order valence-electron chi connectivity index (χ4n) is 2.86. The molecule has 1 aliphatic rings. The van der Waals surface area contributed by atoms with Gasteiger partial charge >= 0.3 is 0 Å². The van der Waals surface area contributed by atoms with E-state index in [1.165, 1.54) is 11.3 Å². The van der Waals surface area contributed by atoms with Crippen LogP contribution in [0.5, 0.6) is 11.5 Å². The monoisotopic (exact) mass is 366 g/mol. The molecule has 0 unspecified atom stereocenters. The highest BCUT2D eigenvalue weighted by Crippen LogP contribution is 2.33. The molecule has 4 rings (SSSR count). The van der Waals surface area contributed by atoms with Crippen LogP contribution in [0.2, 0.25) is 0 Å². The van der Waals surface area contributed by atoms with Gasteiger partial charge in [0.15, 0.2) is 11.5 Å². The number of carbonyl (C=O) groups excluding carboxylic acids is 1.